The Balaban J connectivity index is 1.60. The molecule has 0 aliphatic heterocycles. The Hall–Kier alpha value is -3.62. The second-order valence-electron chi connectivity index (χ2n) is 6.84. The van der Waals surface area contributed by atoms with Crippen LogP contribution >= 0.6 is 0 Å². The number of carbonyl (C=O) groups is 1. The lowest BCUT2D eigenvalue weighted by molar-refractivity contribution is 0.0952. The van der Waals surface area contributed by atoms with Gasteiger partial charge in [0.05, 0.1) is 21.7 Å². The molecule has 0 fully saturated rings. The molecule has 0 unspecified atom stereocenters. The van der Waals surface area contributed by atoms with Gasteiger partial charge in [-0.3, -0.25) is 9.78 Å². The lowest BCUT2D eigenvalue weighted by atomic mass is 10.0. The fraction of sp³-hybridized carbons (Fsp3) is 0.0870. The van der Waals surface area contributed by atoms with Gasteiger partial charge in [0.25, 0.3) is 5.91 Å². The number of benzene rings is 2. The molecule has 7 nitrogen and oxygen atoms in total. The number of hydrogen-bond donors (Lipinski definition) is 2. The largest absolute Gasteiger partial charge is 0.348 e. The van der Waals surface area contributed by atoms with Crippen molar-refractivity contribution in [3.05, 3.63) is 90.3 Å². The van der Waals surface area contributed by atoms with Crippen molar-refractivity contribution in [2.75, 3.05) is 7.05 Å². The zero-order chi connectivity index (χ0) is 21.8. The molecule has 0 saturated carbocycles. The Labute approximate surface area is 180 Å². The molecule has 31 heavy (non-hydrogen) atoms. The molecule has 2 aromatic heterocycles. The van der Waals surface area contributed by atoms with Gasteiger partial charge < -0.3 is 5.32 Å². The molecule has 0 radical (unpaired) electrons. The van der Waals surface area contributed by atoms with Gasteiger partial charge in [-0.05, 0) is 49.0 Å². The number of nitrogens with zero attached hydrogens (tertiary/aromatic N) is 2. The number of sulfonamides is 1. The standard InChI is InChI=1S/C23H20N4O3S/c1-24-31(29,30)18-8-6-16(7-9-18)15-26-23(28)20-14-22(17-10-12-25-13-11-17)27-21-5-3-2-4-19(20)21/h2-14,24H,15H2,1H3,(H,26,28). The van der Waals surface area contributed by atoms with Crippen molar-refractivity contribution < 1.29 is 13.2 Å². The van der Waals surface area contributed by atoms with Crippen molar-refractivity contribution in [1.82, 2.24) is 20.0 Å². The summed E-state index contributed by atoms with van der Waals surface area (Å²) < 4.78 is 26.0. The first-order chi connectivity index (χ1) is 15.0. The summed E-state index contributed by atoms with van der Waals surface area (Å²) in [4.78, 5) is 21.9. The van der Waals surface area contributed by atoms with Crippen LogP contribution < -0.4 is 10.0 Å². The van der Waals surface area contributed by atoms with E-state index in [9.17, 15) is 13.2 Å². The topological polar surface area (TPSA) is 101 Å². The van der Waals surface area contributed by atoms with Gasteiger partial charge in [-0.15, -0.1) is 0 Å². The van der Waals surface area contributed by atoms with E-state index in [0.29, 0.717) is 11.3 Å². The van der Waals surface area contributed by atoms with Crippen LogP contribution in [0.5, 0.6) is 0 Å². The van der Waals surface area contributed by atoms with E-state index in [1.54, 1.807) is 30.6 Å². The normalized spacial score (nSPS) is 11.4. The first-order valence-corrected chi connectivity index (χ1v) is 11.1. The first kappa shape index (κ1) is 20.6. The van der Waals surface area contributed by atoms with Gasteiger partial charge in [-0.25, -0.2) is 18.1 Å². The van der Waals surface area contributed by atoms with Gasteiger partial charge in [-0.2, -0.15) is 0 Å². The van der Waals surface area contributed by atoms with Gasteiger partial charge in [-0.1, -0.05) is 30.3 Å². The molecule has 4 rings (SSSR count). The number of aromatic nitrogens is 2. The van der Waals surface area contributed by atoms with Crippen LogP contribution in [0.25, 0.3) is 22.2 Å². The van der Waals surface area contributed by atoms with Crippen LogP contribution in [0.4, 0.5) is 0 Å². The van der Waals surface area contributed by atoms with Crippen LogP contribution in [0.15, 0.2) is 84.0 Å². The fourth-order valence-corrected chi connectivity index (χ4v) is 3.95. The van der Waals surface area contributed by atoms with Crippen LogP contribution in [0.2, 0.25) is 0 Å². The van der Waals surface area contributed by atoms with Crippen molar-refractivity contribution >= 4 is 26.8 Å². The summed E-state index contributed by atoms with van der Waals surface area (Å²) in [5.74, 6) is -0.235. The van der Waals surface area contributed by atoms with E-state index in [1.807, 2.05) is 36.4 Å². The lowest BCUT2D eigenvalue weighted by Gasteiger charge is -2.11. The zero-order valence-electron chi connectivity index (χ0n) is 16.7. The molecule has 0 aliphatic rings. The van der Waals surface area contributed by atoms with Crippen LogP contribution in [0.3, 0.4) is 0 Å². The van der Waals surface area contributed by atoms with E-state index < -0.39 is 10.0 Å². The van der Waals surface area contributed by atoms with Crippen molar-refractivity contribution in [2.24, 2.45) is 0 Å². The minimum Gasteiger partial charge on any atom is -0.348 e. The summed E-state index contributed by atoms with van der Waals surface area (Å²) in [6, 6.07) is 19.3. The van der Waals surface area contributed by atoms with Crippen LogP contribution in [0.1, 0.15) is 15.9 Å². The average Bonchev–Trinajstić information content (AvgIpc) is 2.82. The second kappa shape index (κ2) is 8.63. The average molecular weight is 433 g/mol. The van der Waals surface area contributed by atoms with Crippen molar-refractivity contribution in [1.29, 1.82) is 0 Å². The summed E-state index contributed by atoms with van der Waals surface area (Å²) >= 11 is 0. The van der Waals surface area contributed by atoms with E-state index in [2.05, 4.69) is 20.0 Å². The Morgan fingerprint density at radius 2 is 1.68 bits per heavy atom. The van der Waals surface area contributed by atoms with E-state index in [-0.39, 0.29) is 17.3 Å². The summed E-state index contributed by atoms with van der Waals surface area (Å²) in [6.45, 7) is 0.264. The Kier molecular flexibility index (Phi) is 5.75. The Morgan fingerprint density at radius 1 is 0.968 bits per heavy atom. The summed E-state index contributed by atoms with van der Waals surface area (Å²) in [6.07, 6.45) is 3.37. The van der Waals surface area contributed by atoms with Gasteiger partial charge in [0.15, 0.2) is 0 Å². The van der Waals surface area contributed by atoms with Gasteiger partial charge in [0, 0.05) is 29.9 Å². The highest BCUT2D eigenvalue weighted by Crippen LogP contribution is 2.24. The summed E-state index contributed by atoms with van der Waals surface area (Å²) in [5.41, 5.74) is 3.59. The maximum Gasteiger partial charge on any atom is 0.252 e. The molecule has 2 heterocycles. The Morgan fingerprint density at radius 3 is 2.39 bits per heavy atom. The van der Waals surface area contributed by atoms with Gasteiger partial charge >= 0.3 is 0 Å². The number of carbonyl (C=O) groups excluding carboxylic acids is 1. The van der Waals surface area contributed by atoms with Gasteiger partial charge in [0.2, 0.25) is 10.0 Å². The molecule has 0 atom stereocenters. The zero-order valence-corrected chi connectivity index (χ0v) is 17.6. The molecule has 2 aromatic carbocycles. The van der Waals surface area contributed by atoms with E-state index in [4.69, 9.17) is 0 Å². The molecule has 4 aromatic rings. The maximum absolute atomic E-state index is 13.0. The van der Waals surface area contributed by atoms with Crippen molar-refractivity contribution in [2.45, 2.75) is 11.4 Å². The third-order valence-corrected chi connectivity index (χ3v) is 6.32. The molecule has 2 N–H and O–H groups in total. The molecule has 0 bridgehead atoms. The minimum absolute atomic E-state index is 0.173. The summed E-state index contributed by atoms with van der Waals surface area (Å²) in [5, 5.41) is 3.67. The second-order valence-corrected chi connectivity index (χ2v) is 8.73. The third-order valence-electron chi connectivity index (χ3n) is 4.89. The number of hydrogen-bond acceptors (Lipinski definition) is 5. The number of nitrogens with one attached hydrogen (secondary N) is 2. The third kappa shape index (κ3) is 4.45. The summed E-state index contributed by atoms with van der Waals surface area (Å²) in [7, 11) is -2.13. The van der Waals surface area contributed by atoms with Crippen molar-refractivity contribution in [3.8, 4) is 11.3 Å². The smallest absolute Gasteiger partial charge is 0.252 e. The lowest BCUT2D eigenvalue weighted by Crippen LogP contribution is -2.23. The first-order valence-electron chi connectivity index (χ1n) is 9.59. The van der Waals surface area contributed by atoms with E-state index in [1.165, 1.54) is 19.2 Å². The molecule has 156 valence electrons. The fourth-order valence-electron chi connectivity index (χ4n) is 3.22. The molecule has 0 saturated heterocycles. The van der Waals surface area contributed by atoms with Crippen LogP contribution in [-0.2, 0) is 16.6 Å². The van der Waals surface area contributed by atoms with Gasteiger partial charge in [0.1, 0.15) is 0 Å². The quantitative estimate of drug-likeness (QED) is 0.487. The van der Waals surface area contributed by atoms with E-state index >= 15 is 0 Å². The molecular weight excluding hydrogens is 412 g/mol. The highest BCUT2D eigenvalue weighted by Gasteiger charge is 2.14. The highest BCUT2D eigenvalue weighted by atomic mass is 32.2. The number of para-hydroxylation sites is 1. The van der Waals surface area contributed by atoms with Crippen molar-refractivity contribution in [3.63, 3.8) is 0 Å². The SMILES string of the molecule is CNS(=O)(=O)c1ccc(CNC(=O)c2cc(-c3ccncc3)nc3ccccc23)cc1. The maximum atomic E-state index is 13.0. The predicted molar refractivity (Wildman–Crippen MR) is 119 cm³/mol. The molecule has 8 heteroatoms. The molecular formula is C23H20N4O3S. The van der Waals surface area contributed by atoms with Crippen LogP contribution in [0, 0.1) is 0 Å². The number of fused-ring (bicyclic) bond motifs is 1. The number of pyridine rings is 2. The number of rotatable bonds is 6. The molecule has 0 aliphatic carbocycles. The Bertz CT molecular complexity index is 1340. The number of amides is 1. The monoisotopic (exact) mass is 432 g/mol. The molecule has 1 amide bonds. The van der Waals surface area contributed by atoms with E-state index in [0.717, 1.165) is 22.0 Å². The highest BCUT2D eigenvalue weighted by molar-refractivity contribution is 7.89. The van der Waals surface area contributed by atoms with Crippen LogP contribution in [-0.4, -0.2) is 31.3 Å². The minimum atomic E-state index is -3.49. The molecule has 0 spiro atoms. The predicted octanol–water partition coefficient (Wildman–Crippen LogP) is 3.13.